The number of rotatable bonds is 7. The van der Waals surface area contributed by atoms with Crippen LogP contribution in [0.5, 0.6) is 0 Å². The molecule has 0 bridgehead atoms. The second-order valence-electron chi connectivity index (χ2n) is 5.82. The van der Waals surface area contributed by atoms with Gasteiger partial charge in [-0.1, -0.05) is 12.1 Å². The third-order valence-electron chi connectivity index (χ3n) is 4.08. The van der Waals surface area contributed by atoms with E-state index in [-0.39, 0.29) is 5.78 Å². The molecule has 0 N–H and O–H groups in total. The summed E-state index contributed by atoms with van der Waals surface area (Å²) >= 11 is 0. The van der Waals surface area contributed by atoms with Gasteiger partial charge in [0.2, 0.25) is 0 Å². The molecule has 3 heteroatoms. The molecule has 1 aromatic carbocycles. The smallest absolute Gasteiger partial charge is 0.176 e. The Balaban J connectivity index is 2.02. The lowest BCUT2D eigenvalue weighted by Gasteiger charge is -2.25. The fourth-order valence-corrected chi connectivity index (χ4v) is 2.75. The van der Waals surface area contributed by atoms with Gasteiger partial charge in [-0.05, 0) is 50.3 Å². The first-order valence-electron chi connectivity index (χ1n) is 7.50. The third kappa shape index (κ3) is 3.68. The van der Waals surface area contributed by atoms with Crippen molar-refractivity contribution in [3.05, 3.63) is 34.9 Å². The maximum absolute atomic E-state index is 12.4. The summed E-state index contributed by atoms with van der Waals surface area (Å²) in [6.45, 7) is 6.16. The molecule has 0 saturated heterocycles. The number of aryl methyl sites for hydroxylation is 2. The minimum Gasteiger partial charge on any atom is -0.383 e. The van der Waals surface area contributed by atoms with Gasteiger partial charge in [0, 0.05) is 25.3 Å². The minimum absolute atomic E-state index is 0.213. The summed E-state index contributed by atoms with van der Waals surface area (Å²) in [6, 6.07) is 6.56. The van der Waals surface area contributed by atoms with E-state index in [1.54, 1.807) is 7.11 Å². The largest absolute Gasteiger partial charge is 0.383 e. The highest BCUT2D eigenvalue weighted by atomic mass is 16.5. The average Bonchev–Trinajstić information content (AvgIpc) is 2.90. The first-order chi connectivity index (χ1) is 9.61. The third-order valence-corrected chi connectivity index (χ3v) is 4.08. The SMILES string of the molecule is COCCN(CC(=O)c1ccc2c(c1)CCC2)C(C)C. The van der Waals surface area contributed by atoms with Gasteiger partial charge in [-0.15, -0.1) is 0 Å². The van der Waals surface area contributed by atoms with Crippen molar-refractivity contribution in [3.8, 4) is 0 Å². The quantitative estimate of drug-likeness (QED) is 0.717. The molecule has 0 spiro atoms. The van der Waals surface area contributed by atoms with Gasteiger partial charge in [-0.2, -0.15) is 0 Å². The van der Waals surface area contributed by atoms with Gasteiger partial charge in [-0.25, -0.2) is 0 Å². The highest BCUT2D eigenvalue weighted by molar-refractivity contribution is 5.97. The number of ether oxygens (including phenoxy) is 1. The highest BCUT2D eigenvalue weighted by Crippen LogP contribution is 2.23. The molecule has 3 nitrogen and oxygen atoms in total. The van der Waals surface area contributed by atoms with E-state index < -0.39 is 0 Å². The van der Waals surface area contributed by atoms with Crippen LogP contribution in [0.3, 0.4) is 0 Å². The molecular formula is C17H25NO2. The molecule has 110 valence electrons. The van der Waals surface area contributed by atoms with Crippen molar-refractivity contribution in [2.24, 2.45) is 0 Å². The number of ketones is 1. The van der Waals surface area contributed by atoms with Crippen molar-refractivity contribution in [2.75, 3.05) is 26.8 Å². The van der Waals surface area contributed by atoms with Crippen molar-refractivity contribution in [3.63, 3.8) is 0 Å². The average molecular weight is 275 g/mol. The van der Waals surface area contributed by atoms with E-state index in [0.717, 1.165) is 24.9 Å². The summed E-state index contributed by atoms with van der Waals surface area (Å²) in [6.07, 6.45) is 3.50. The molecule has 0 amide bonds. The first kappa shape index (κ1) is 15.2. The topological polar surface area (TPSA) is 29.5 Å². The van der Waals surface area contributed by atoms with Gasteiger partial charge >= 0.3 is 0 Å². The maximum atomic E-state index is 12.4. The van der Waals surface area contributed by atoms with E-state index in [0.29, 0.717) is 19.2 Å². The molecule has 20 heavy (non-hydrogen) atoms. The van der Waals surface area contributed by atoms with Crippen LogP contribution in [0, 0.1) is 0 Å². The van der Waals surface area contributed by atoms with Gasteiger partial charge in [0.15, 0.2) is 5.78 Å². The molecule has 0 atom stereocenters. The van der Waals surface area contributed by atoms with E-state index in [1.165, 1.54) is 17.5 Å². The molecule has 0 fully saturated rings. The van der Waals surface area contributed by atoms with Crippen LogP contribution >= 0.6 is 0 Å². The number of fused-ring (bicyclic) bond motifs is 1. The van der Waals surface area contributed by atoms with Crippen LogP contribution in [0.2, 0.25) is 0 Å². The van der Waals surface area contributed by atoms with Crippen LogP contribution < -0.4 is 0 Å². The Hall–Kier alpha value is -1.19. The van der Waals surface area contributed by atoms with E-state index in [4.69, 9.17) is 4.74 Å². The zero-order chi connectivity index (χ0) is 14.5. The molecular weight excluding hydrogens is 250 g/mol. The summed E-state index contributed by atoms with van der Waals surface area (Å²) in [5.74, 6) is 0.213. The molecule has 1 aliphatic carbocycles. The number of nitrogens with zero attached hydrogens (tertiary/aromatic N) is 1. The van der Waals surface area contributed by atoms with E-state index in [1.807, 2.05) is 6.07 Å². The van der Waals surface area contributed by atoms with Crippen molar-refractivity contribution < 1.29 is 9.53 Å². The van der Waals surface area contributed by atoms with Crippen LogP contribution in [0.25, 0.3) is 0 Å². The van der Waals surface area contributed by atoms with Gasteiger partial charge in [0.25, 0.3) is 0 Å². The molecule has 0 heterocycles. The standard InChI is InChI=1S/C17H25NO2/c1-13(2)18(9-10-20-3)12-17(19)16-8-7-14-5-4-6-15(14)11-16/h7-8,11,13H,4-6,9-10,12H2,1-3H3. The van der Waals surface area contributed by atoms with Crippen molar-refractivity contribution in [2.45, 2.75) is 39.2 Å². The number of hydrogen-bond acceptors (Lipinski definition) is 3. The number of benzene rings is 1. The second kappa shape index (κ2) is 7.00. The Labute approximate surface area is 121 Å². The summed E-state index contributed by atoms with van der Waals surface area (Å²) < 4.78 is 5.12. The zero-order valence-electron chi connectivity index (χ0n) is 12.8. The molecule has 1 aromatic rings. The lowest BCUT2D eigenvalue weighted by molar-refractivity contribution is 0.0852. The van der Waals surface area contributed by atoms with Crippen molar-refractivity contribution in [1.29, 1.82) is 0 Å². The van der Waals surface area contributed by atoms with Crippen LogP contribution in [-0.4, -0.2) is 43.5 Å². The highest BCUT2D eigenvalue weighted by Gasteiger charge is 2.17. The molecule has 0 radical (unpaired) electrons. The summed E-state index contributed by atoms with van der Waals surface area (Å²) in [5, 5.41) is 0. The Kier molecular flexibility index (Phi) is 5.32. The Morgan fingerprint density at radius 2 is 2.05 bits per heavy atom. The molecule has 0 aromatic heterocycles. The van der Waals surface area contributed by atoms with E-state index >= 15 is 0 Å². The first-order valence-corrected chi connectivity index (χ1v) is 7.50. The van der Waals surface area contributed by atoms with Crippen LogP contribution in [-0.2, 0) is 17.6 Å². The Morgan fingerprint density at radius 3 is 2.75 bits per heavy atom. The normalized spacial score (nSPS) is 14.1. The van der Waals surface area contributed by atoms with Gasteiger partial charge in [0.05, 0.1) is 13.2 Å². The zero-order valence-corrected chi connectivity index (χ0v) is 12.8. The number of carbonyl (C=O) groups is 1. The second-order valence-corrected chi connectivity index (χ2v) is 5.82. The lowest BCUT2D eigenvalue weighted by atomic mass is 10.0. The fourth-order valence-electron chi connectivity index (χ4n) is 2.75. The number of hydrogen-bond donors (Lipinski definition) is 0. The van der Waals surface area contributed by atoms with Gasteiger partial charge in [-0.3, -0.25) is 9.69 Å². The molecule has 1 aliphatic rings. The minimum atomic E-state index is 0.213. The van der Waals surface area contributed by atoms with Gasteiger partial charge < -0.3 is 4.74 Å². The summed E-state index contributed by atoms with van der Waals surface area (Å²) in [4.78, 5) is 14.6. The van der Waals surface area contributed by atoms with Crippen LogP contribution in [0.1, 0.15) is 41.8 Å². The number of carbonyl (C=O) groups excluding carboxylic acids is 1. The number of Topliss-reactive ketones (excluding diaryl/α,β-unsaturated/α-hetero) is 1. The molecule has 0 saturated carbocycles. The number of methoxy groups -OCH3 is 1. The monoisotopic (exact) mass is 275 g/mol. The predicted molar refractivity (Wildman–Crippen MR) is 81.4 cm³/mol. The summed E-state index contributed by atoms with van der Waals surface area (Å²) in [5.41, 5.74) is 3.64. The predicted octanol–water partition coefficient (Wildman–Crippen LogP) is 2.71. The van der Waals surface area contributed by atoms with Gasteiger partial charge in [0.1, 0.15) is 0 Å². The van der Waals surface area contributed by atoms with Crippen LogP contribution in [0.15, 0.2) is 18.2 Å². The molecule has 0 aliphatic heterocycles. The van der Waals surface area contributed by atoms with Crippen LogP contribution in [0.4, 0.5) is 0 Å². The molecule has 0 unspecified atom stereocenters. The Bertz CT molecular complexity index is 468. The summed E-state index contributed by atoms with van der Waals surface area (Å²) in [7, 11) is 1.70. The Morgan fingerprint density at radius 1 is 1.30 bits per heavy atom. The van der Waals surface area contributed by atoms with Crippen molar-refractivity contribution >= 4 is 5.78 Å². The maximum Gasteiger partial charge on any atom is 0.176 e. The fraction of sp³-hybridized carbons (Fsp3) is 0.588. The molecule has 2 rings (SSSR count). The van der Waals surface area contributed by atoms with E-state index in [9.17, 15) is 4.79 Å². The van der Waals surface area contributed by atoms with E-state index in [2.05, 4.69) is 30.9 Å². The lowest BCUT2D eigenvalue weighted by Crippen LogP contribution is -2.38. The van der Waals surface area contributed by atoms with Crippen molar-refractivity contribution in [1.82, 2.24) is 4.90 Å².